The summed E-state index contributed by atoms with van der Waals surface area (Å²) in [5, 5.41) is 0.653. The van der Waals surface area contributed by atoms with Crippen molar-refractivity contribution in [2.24, 2.45) is 7.05 Å². The number of aromatic nitrogens is 1. The van der Waals surface area contributed by atoms with E-state index < -0.39 is 16.0 Å². The zero-order valence-corrected chi connectivity index (χ0v) is 19.9. The van der Waals surface area contributed by atoms with E-state index in [1.54, 1.807) is 18.9 Å². The second kappa shape index (κ2) is 9.93. The average molecular weight is 483 g/mol. The molecular formula is C21H27ClN4O5S. The van der Waals surface area contributed by atoms with Crippen molar-refractivity contribution in [2.45, 2.75) is 11.8 Å². The minimum Gasteiger partial charge on any atom is -0.461 e. The molecule has 0 saturated carbocycles. The normalized spacial score (nSPS) is 14.7. The smallest absolute Gasteiger partial charge is 0.354 e. The first kappa shape index (κ1) is 24.1. The fourth-order valence-electron chi connectivity index (χ4n) is 3.53. The fraction of sp³-hybridized carbons (Fsp3) is 0.429. The second-order valence-electron chi connectivity index (χ2n) is 7.50. The van der Waals surface area contributed by atoms with Crippen LogP contribution in [-0.2, 0) is 26.6 Å². The van der Waals surface area contributed by atoms with Crippen molar-refractivity contribution in [3.63, 3.8) is 0 Å². The lowest BCUT2D eigenvalue weighted by Gasteiger charge is -2.36. The zero-order chi connectivity index (χ0) is 23.5. The summed E-state index contributed by atoms with van der Waals surface area (Å²) >= 11 is 6.06. The molecular weight excluding hydrogens is 456 g/mol. The molecule has 1 aliphatic heterocycles. The highest BCUT2D eigenvalue weighted by Gasteiger charge is 2.29. The Morgan fingerprint density at radius 2 is 1.84 bits per heavy atom. The standard InChI is InChI=1S/C21H27ClN4O5S/c1-4-31-21(28)19-13-18(14-23(19)2)32(29,30)24(3)15-20(27)26-10-8-25(9-11-26)17-7-5-6-16(22)12-17/h5-7,12-14H,4,8-11,15H2,1-3H3. The maximum Gasteiger partial charge on any atom is 0.354 e. The van der Waals surface area contributed by atoms with E-state index in [2.05, 4.69) is 4.90 Å². The number of amides is 1. The highest BCUT2D eigenvalue weighted by molar-refractivity contribution is 7.89. The van der Waals surface area contributed by atoms with Crippen LogP contribution < -0.4 is 4.90 Å². The van der Waals surface area contributed by atoms with Gasteiger partial charge in [0.1, 0.15) is 10.6 Å². The monoisotopic (exact) mass is 482 g/mol. The summed E-state index contributed by atoms with van der Waals surface area (Å²) in [6, 6.07) is 8.80. The summed E-state index contributed by atoms with van der Waals surface area (Å²) < 4.78 is 33.2. The Morgan fingerprint density at radius 3 is 2.47 bits per heavy atom. The van der Waals surface area contributed by atoms with Gasteiger partial charge in [-0.05, 0) is 31.2 Å². The van der Waals surface area contributed by atoms with Gasteiger partial charge in [-0.1, -0.05) is 17.7 Å². The number of nitrogens with zero attached hydrogens (tertiary/aromatic N) is 4. The van der Waals surface area contributed by atoms with Gasteiger partial charge in [-0.2, -0.15) is 4.31 Å². The Morgan fingerprint density at radius 1 is 1.16 bits per heavy atom. The Balaban J connectivity index is 1.62. The third-order valence-corrected chi connectivity index (χ3v) is 7.34. The summed E-state index contributed by atoms with van der Waals surface area (Å²) in [4.78, 5) is 28.5. The molecule has 0 unspecified atom stereocenters. The van der Waals surface area contributed by atoms with Gasteiger partial charge in [0.25, 0.3) is 0 Å². The minimum absolute atomic E-state index is 0.0656. The number of carbonyl (C=O) groups is 2. The van der Waals surface area contributed by atoms with Crippen molar-refractivity contribution in [2.75, 3.05) is 51.3 Å². The number of ether oxygens (including phenoxy) is 1. The summed E-state index contributed by atoms with van der Waals surface area (Å²) in [5.41, 5.74) is 1.12. The molecule has 0 spiro atoms. The number of piperazine rings is 1. The van der Waals surface area contributed by atoms with Crippen molar-refractivity contribution in [3.8, 4) is 0 Å². The molecule has 32 heavy (non-hydrogen) atoms. The van der Waals surface area contributed by atoms with Gasteiger partial charge in [-0.3, -0.25) is 4.79 Å². The van der Waals surface area contributed by atoms with Gasteiger partial charge in [0.15, 0.2) is 0 Å². The number of rotatable bonds is 7. The molecule has 1 fully saturated rings. The van der Waals surface area contributed by atoms with Gasteiger partial charge in [0.05, 0.1) is 13.2 Å². The van der Waals surface area contributed by atoms with Crippen molar-refractivity contribution < 1.29 is 22.7 Å². The molecule has 0 radical (unpaired) electrons. The van der Waals surface area contributed by atoms with Crippen LogP contribution in [0.3, 0.4) is 0 Å². The first-order chi connectivity index (χ1) is 15.1. The molecule has 9 nitrogen and oxygen atoms in total. The molecule has 0 bridgehead atoms. The topological polar surface area (TPSA) is 92.2 Å². The number of likely N-dealkylation sites (N-methyl/N-ethyl adjacent to an activating group) is 1. The molecule has 3 rings (SSSR count). The SMILES string of the molecule is CCOC(=O)c1cc(S(=O)(=O)N(C)CC(=O)N2CCN(c3cccc(Cl)c3)CC2)cn1C. The molecule has 1 aromatic carbocycles. The summed E-state index contributed by atoms with van der Waals surface area (Å²) in [5.74, 6) is -0.879. The number of hydrogen-bond donors (Lipinski definition) is 0. The second-order valence-corrected chi connectivity index (χ2v) is 9.98. The Bertz CT molecular complexity index is 1090. The largest absolute Gasteiger partial charge is 0.461 e. The molecule has 1 aliphatic rings. The molecule has 0 N–H and O–H groups in total. The van der Waals surface area contributed by atoms with Crippen LogP contribution in [0, 0.1) is 0 Å². The predicted molar refractivity (Wildman–Crippen MR) is 121 cm³/mol. The van der Waals surface area contributed by atoms with Gasteiger partial charge < -0.3 is 19.1 Å². The third-order valence-electron chi connectivity index (χ3n) is 5.34. The molecule has 2 heterocycles. The number of hydrogen-bond acceptors (Lipinski definition) is 6. The highest BCUT2D eigenvalue weighted by Crippen LogP contribution is 2.22. The van der Waals surface area contributed by atoms with Crippen LogP contribution in [0.1, 0.15) is 17.4 Å². The molecule has 1 saturated heterocycles. The number of esters is 1. The van der Waals surface area contributed by atoms with Crippen molar-refractivity contribution in [1.82, 2.24) is 13.8 Å². The Labute approximate surface area is 193 Å². The zero-order valence-electron chi connectivity index (χ0n) is 18.3. The quantitative estimate of drug-likeness (QED) is 0.559. The maximum absolute atomic E-state index is 12.9. The van der Waals surface area contributed by atoms with E-state index in [1.165, 1.54) is 23.9 Å². The molecule has 1 aromatic heterocycles. The molecule has 11 heteroatoms. The number of aryl methyl sites for hydroxylation is 1. The first-order valence-corrected chi connectivity index (χ1v) is 12.0. The molecule has 174 valence electrons. The number of benzene rings is 1. The Hall–Kier alpha value is -2.56. The van der Waals surface area contributed by atoms with Gasteiger partial charge in [0.2, 0.25) is 15.9 Å². The number of sulfonamides is 1. The van der Waals surface area contributed by atoms with Gasteiger partial charge in [0, 0.05) is 57.2 Å². The Kier molecular flexibility index (Phi) is 7.47. The number of carbonyl (C=O) groups excluding carboxylic acids is 2. The van der Waals surface area contributed by atoms with Gasteiger partial charge in [-0.15, -0.1) is 0 Å². The van der Waals surface area contributed by atoms with Crippen LogP contribution in [0.4, 0.5) is 5.69 Å². The first-order valence-electron chi connectivity index (χ1n) is 10.2. The van der Waals surface area contributed by atoms with Gasteiger partial charge in [-0.25, -0.2) is 13.2 Å². The average Bonchev–Trinajstić information content (AvgIpc) is 3.16. The van der Waals surface area contributed by atoms with E-state index in [4.69, 9.17) is 16.3 Å². The molecule has 1 amide bonds. The van der Waals surface area contributed by atoms with Crippen LogP contribution in [0.2, 0.25) is 5.02 Å². The number of halogens is 1. The van der Waals surface area contributed by atoms with E-state index in [0.717, 1.165) is 9.99 Å². The maximum atomic E-state index is 12.9. The molecule has 2 aromatic rings. The van der Waals surface area contributed by atoms with Crippen LogP contribution >= 0.6 is 11.6 Å². The third kappa shape index (κ3) is 5.25. The summed E-state index contributed by atoms with van der Waals surface area (Å²) in [6.45, 7) is 3.80. The van der Waals surface area contributed by atoms with Crippen molar-refractivity contribution in [3.05, 3.63) is 47.2 Å². The predicted octanol–water partition coefficient (Wildman–Crippen LogP) is 1.82. The van der Waals surface area contributed by atoms with Crippen LogP contribution in [-0.4, -0.2) is 80.4 Å². The van der Waals surface area contributed by atoms with Crippen molar-refractivity contribution in [1.29, 1.82) is 0 Å². The van der Waals surface area contributed by atoms with Gasteiger partial charge >= 0.3 is 5.97 Å². The van der Waals surface area contributed by atoms with E-state index in [9.17, 15) is 18.0 Å². The highest BCUT2D eigenvalue weighted by atomic mass is 35.5. The lowest BCUT2D eigenvalue weighted by molar-refractivity contribution is -0.131. The van der Waals surface area contributed by atoms with E-state index in [1.807, 2.05) is 24.3 Å². The lowest BCUT2D eigenvalue weighted by atomic mass is 10.2. The van der Waals surface area contributed by atoms with Crippen LogP contribution in [0.5, 0.6) is 0 Å². The fourth-order valence-corrected chi connectivity index (χ4v) is 4.90. The van der Waals surface area contributed by atoms with Crippen LogP contribution in [0.15, 0.2) is 41.4 Å². The van der Waals surface area contributed by atoms with E-state index in [0.29, 0.717) is 31.2 Å². The molecule has 0 atom stereocenters. The van der Waals surface area contributed by atoms with Crippen LogP contribution in [0.25, 0.3) is 0 Å². The lowest BCUT2D eigenvalue weighted by Crippen LogP contribution is -2.51. The number of anilines is 1. The van der Waals surface area contributed by atoms with E-state index >= 15 is 0 Å². The summed E-state index contributed by atoms with van der Waals surface area (Å²) in [6.07, 6.45) is 1.34. The van der Waals surface area contributed by atoms with Crippen molar-refractivity contribution >= 4 is 39.2 Å². The minimum atomic E-state index is -3.95. The van der Waals surface area contributed by atoms with E-state index in [-0.39, 0.29) is 29.6 Å². The summed E-state index contributed by atoms with van der Waals surface area (Å²) in [7, 11) is -1.03. The molecule has 0 aliphatic carbocycles.